The van der Waals surface area contributed by atoms with Gasteiger partial charge in [0.25, 0.3) is 10.0 Å². The number of hydrogen-bond acceptors (Lipinski definition) is 5. The second kappa shape index (κ2) is 6.82. The van der Waals surface area contributed by atoms with Gasteiger partial charge in [0.05, 0.1) is 12.3 Å². The van der Waals surface area contributed by atoms with E-state index in [0.29, 0.717) is 22.1 Å². The third-order valence-electron chi connectivity index (χ3n) is 3.72. The highest BCUT2D eigenvalue weighted by Gasteiger charge is 2.30. The molecule has 1 aliphatic rings. The van der Waals surface area contributed by atoms with Crippen LogP contribution in [-0.4, -0.2) is 27.7 Å². The summed E-state index contributed by atoms with van der Waals surface area (Å²) < 4.78 is 32.3. The Hall–Kier alpha value is -2.06. The Balaban J connectivity index is 1.95. The van der Waals surface area contributed by atoms with Crippen LogP contribution in [0, 0.1) is 0 Å². The van der Waals surface area contributed by atoms with Gasteiger partial charge in [0.15, 0.2) is 0 Å². The number of fused-ring (bicyclic) bond motifs is 1. The molecular weight excluding hydrogens is 348 g/mol. The van der Waals surface area contributed by atoms with Crippen LogP contribution in [-0.2, 0) is 21.2 Å². The average Bonchev–Trinajstić information content (AvgIpc) is 3.09. The minimum absolute atomic E-state index is 0.273. The van der Waals surface area contributed by atoms with Crippen LogP contribution < -0.4 is 9.62 Å². The molecule has 3 rings (SSSR count). The minimum Gasteiger partial charge on any atom is -0.450 e. The number of carbonyl (C=O) groups is 1. The molecule has 8 heteroatoms. The number of hydrogen-bond donors (Lipinski definition) is 1. The van der Waals surface area contributed by atoms with Crippen molar-refractivity contribution in [3.63, 3.8) is 0 Å². The van der Waals surface area contributed by atoms with Gasteiger partial charge < -0.3 is 4.74 Å². The number of benzene rings is 1. The van der Waals surface area contributed by atoms with E-state index in [1.165, 1.54) is 15.6 Å². The van der Waals surface area contributed by atoms with Gasteiger partial charge in [0.2, 0.25) is 0 Å². The number of anilines is 2. The number of rotatable bonds is 4. The predicted octanol–water partition coefficient (Wildman–Crippen LogP) is 3.46. The summed E-state index contributed by atoms with van der Waals surface area (Å²) >= 11 is 1.20. The monoisotopic (exact) mass is 366 g/mol. The number of ether oxygens (including phenoxy) is 1. The molecule has 0 unspecified atom stereocenters. The van der Waals surface area contributed by atoms with E-state index in [9.17, 15) is 13.2 Å². The number of amides is 1. The zero-order chi connectivity index (χ0) is 17.2. The minimum atomic E-state index is -3.58. The van der Waals surface area contributed by atoms with E-state index in [1.54, 1.807) is 36.6 Å². The summed E-state index contributed by atoms with van der Waals surface area (Å²) in [5.74, 6) is 0. The van der Waals surface area contributed by atoms with Crippen molar-refractivity contribution in [2.45, 2.75) is 24.0 Å². The number of sulfonamides is 1. The zero-order valence-electron chi connectivity index (χ0n) is 13.2. The third kappa shape index (κ3) is 3.25. The quantitative estimate of drug-likeness (QED) is 0.899. The van der Waals surface area contributed by atoms with Gasteiger partial charge in [-0.2, -0.15) is 0 Å². The SMILES string of the molecule is CCOC(=O)Nc1ccc2c(c1)N(S(=O)(=O)c1cccs1)CCC2. The molecule has 24 heavy (non-hydrogen) atoms. The summed E-state index contributed by atoms with van der Waals surface area (Å²) in [6.07, 6.45) is 1.02. The topological polar surface area (TPSA) is 75.7 Å². The van der Waals surface area contributed by atoms with Gasteiger partial charge in [-0.15, -0.1) is 11.3 Å². The molecule has 0 fully saturated rings. The molecule has 0 radical (unpaired) electrons. The Bertz CT molecular complexity index is 832. The average molecular weight is 366 g/mol. The molecule has 1 aromatic heterocycles. The van der Waals surface area contributed by atoms with E-state index in [4.69, 9.17) is 4.74 Å². The molecule has 0 aliphatic carbocycles. The summed E-state index contributed by atoms with van der Waals surface area (Å²) in [6, 6.07) is 8.64. The molecule has 0 saturated heterocycles. The summed E-state index contributed by atoms with van der Waals surface area (Å²) in [5.41, 5.74) is 2.08. The maximum atomic E-state index is 12.9. The Kier molecular flexibility index (Phi) is 4.77. The zero-order valence-corrected chi connectivity index (χ0v) is 14.8. The molecule has 128 valence electrons. The van der Waals surface area contributed by atoms with Crippen LogP contribution in [0.5, 0.6) is 0 Å². The van der Waals surface area contributed by atoms with E-state index in [2.05, 4.69) is 5.32 Å². The van der Waals surface area contributed by atoms with Crippen LogP contribution in [0.2, 0.25) is 0 Å². The lowest BCUT2D eigenvalue weighted by molar-refractivity contribution is 0.168. The molecule has 0 atom stereocenters. The molecule has 6 nitrogen and oxygen atoms in total. The second-order valence-electron chi connectivity index (χ2n) is 5.30. The molecule has 1 aliphatic heterocycles. The molecule has 1 aromatic carbocycles. The fourth-order valence-electron chi connectivity index (χ4n) is 2.67. The lowest BCUT2D eigenvalue weighted by Crippen LogP contribution is -2.35. The van der Waals surface area contributed by atoms with Gasteiger partial charge in [0, 0.05) is 12.2 Å². The highest BCUT2D eigenvalue weighted by Crippen LogP contribution is 2.35. The largest absolute Gasteiger partial charge is 0.450 e. The van der Waals surface area contributed by atoms with Crippen molar-refractivity contribution >= 4 is 38.8 Å². The molecule has 0 spiro atoms. The molecule has 0 bridgehead atoms. The Labute approximate surface area is 145 Å². The number of nitrogens with one attached hydrogen (secondary N) is 1. The maximum absolute atomic E-state index is 12.9. The molecule has 0 saturated carbocycles. The number of nitrogens with zero attached hydrogens (tertiary/aromatic N) is 1. The van der Waals surface area contributed by atoms with Gasteiger partial charge in [-0.25, -0.2) is 13.2 Å². The van der Waals surface area contributed by atoms with E-state index in [1.807, 2.05) is 6.07 Å². The van der Waals surface area contributed by atoms with Gasteiger partial charge in [-0.05, 0) is 48.9 Å². The first-order chi connectivity index (χ1) is 11.5. The smallest absolute Gasteiger partial charge is 0.411 e. The van der Waals surface area contributed by atoms with Crippen molar-refractivity contribution < 1.29 is 17.9 Å². The fourth-order valence-corrected chi connectivity index (χ4v) is 5.31. The molecule has 1 N–H and O–H groups in total. The summed E-state index contributed by atoms with van der Waals surface area (Å²) in [6.45, 7) is 2.42. The van der Waals surface area contributed by atoms with Crippen LogP contribution in [0.25, 0.3) is 0 Å². The van der Waals surface area contributed by atoms with E-state index in [0.717, 1.165) is 18.4 Å². The number of aryl methyl sites for hydroxylation is 1. The van der Waals surface area contributed by atoms with E-state index < -0.39 is 16.1 Å². The Morgan fingerprint density at radius 1 is 1.38 bits per heavy atom. The fraction of sp³-hybridized carbons (Fsp3) is 0.312. The van der Waals surface area contributed by atoms with Gasteiger partial charge >= 0.3 is 6.09 Å². The maximum Gasteiger partial charge on any atom is 0.411 e. The molecule has 2 heterocycles. The first kappa shape index (κ1) is 16.8. The van der Waals surface area contributed by atoms with Crippen molar-refractivity contribution in [2.24, 2.45) is 0 Å². The normalized spacial score (nSPS) is 14.1. The van der Waals surface area contributed by atoms with Gasteiger partial charge in [0.1, 0.15) is 4.21 Å². The van der Waals surface area contributed by atoms with Crippen LogP contribution >= 0.6 is 11.3 Å². The van der Waals surface area contributed by atoms with Gasteiger partial charge in [-0.1, -0.05) is 12.1 Å². The number of carbonyl (C=O) groups excluding carboxylic acids is 1. The standard InChI is InChI=1S/C16H18N2O4S2/c1-2-22-16(19)17-13-8-7-12-5-3-9-18(14(12)11-13)24(20,21)15-6-4-10-23-15/h4,6-8,10-11H,2-3,5,9H2,1H3,(H,17,19). The first-order valence-electron chi connectivity index (χ1n) is 7.65. The van der Waals surface area contributed by atoms with Crippen LogP contribution in [0.1, 0.15) is 18.9 Å². The Morgan fingerprint density at radius 2 is 2.21 bits per heavy atom. The third-order valence-corrected chi connectivity index (χ3v) is 6.91. The second-order valence-corrected chi connectivity index (χ2v) is 8.34. The Morgan fingerprint density at radius 3 is 2.92 bits per heavy atom. The predicted molar refractivity (Wildman–Crippen MR) is 94.3 cm³/mol. The lowest BCUT2D eigenvalue weighted by Gasteiger charge is -2.30. The van der Waals surface area contributed by atoms with Crippen molar-refractivity contribution in [3.8, 4) is 0 Å². The van der Waals surface area contributed by atoms with Crippen LogP contribution in [0.3, 0.4) is 0 Å². The van der Waals surface area contributed by atoms with E-state index >= 15 is 0 Å². The molecular formula is C16H18N2O4S2. The van der Waals surface area contributed by atoms with Crippen molar-refractivity contribution in [3.05, 3.63) is 41.3 Å². The van der Waals surface area contributed by atoms with E-state index in [-0.39, 0.29) is 6.61 Å². The highest BCUT2D eigenvalue weighted by atomic mass is 32.2. The summed E-state index contributed by atoms with van der Waals surface area (Å²) in [4.78, 5) is 11.6. The molecule has 2 aromatic rings. The van der Waals surface area contributed by atoms with Gasteiger partial charge in [-0.3, -0.25) is 9.62 Å². The summed E-state index contributed by atoms with van der Waals surface area (Å²) in [5, 5.41) is 4.37. The number of thiophene rings is 1. The van der Waals surface area contributed by atoms with Crippen LogP contribution in [0.15, 0.2) is 39.9 Å². The highest BCUT2D eigenvalue weighted by molar-refractivity contribution is 7.94. The lowest BCUT2D eigenvalue weighted by atomic mass is 10.0. The molecule has 1 amide bonds. The van der Waals surface area contributed by atoms with Crippen molar-refractivity contribution in [1.82, 2.24) is 0 Å². The van der Waals surface area contributed by atoms with Crippen LogP contribution in [0.4, 0.5) is 16.2 Å². The van der Waals surface area contributed by atoms with Crippen molar-refractivity contribution in [2.75, 3.05) is 22.8 Å². The van der Waals surface area contributed by atoms with Crippen molar-refractivity contribution in [1.29, 1.82) is 0 Å². The summed E-state index contributed by atoms with van der Waals surface area (Å²) in [7, 11) is -3.58. The first-order valence-corrected chi connectivity index (χ1v) is 9.97.